The molecule has 0 aliphatic rings. The number of carbonyl (C=O) groups excluding carboxylic acids is 1. The van der Waals surface area contributed by atoms with Gasteiger partial charge in [-0.1, -0.05) is 11.8 Å². The number of carbonyl (C=O) groups is 1. The Balaban J connectivity index is 1.53. The fourth-order valence-corrected chi connectivity index (χ4v) is 3.66. The molecule has 2 aromatic heterocycles. The molecule has 0 saturated carbocycles. The Hall–Kier alpha value is -3.41. The molecule has 0 radical (unpaired) electrons. The maximum absolute atomic E-state index is 12.3. The molecule has 1 N–H and O–H groups in total. The molecule has 12 heteroatoms. The lowest BCUT2D eigenvalue weighted by Gasteiger charge is -2.08. The third-order valence-corrected chi connectivity index (χ3v) is 5.25. The van der Waals surface area contributed by atoms with Gasteiger partial charge >= 0.3 is 5.69 Å². The van der Waals surface area contributed by atoms with Gasteiger partial charge in [0.2, 0.25) is 5.91 Å². The largest absolute Gasteiger partial charge is 0.494 e. The van der Waals surface area contributed by atoms with Gasteiger partial charge in [0, 0.05) is 25.2 Å². The second-order valence-electron chi connectivity index (χ2n) is 6.41. The average molecular weight is 446 g/mol. The number of ether oxygens (including phenoxy) is 1. The van der Waals surface area contributed by atoms with Crippen molar-refractivity contribution in [1.29, 1.82) is 0 Å². The zero-order chi connectivity index (χ0) is 22.2. The highest BCUT2D eigenvalue weighted by Crippen LogP contribution is 2.20. The van der Waals surface area contributed by atoms with Crippen molar-refractivity contribution in [2.45, 2.75) is 38.5 Å². The molecule has 1 aromatic carbocycles. The first-order chi connectivity index (χ1) is 15.0. The maximum Gasteiger partial charge on any atom is 0.306 e. The standard InChI is InChI=1S/C19H23N7O4S/c1-3-25-17(9-10-24-12-15(11-20-24)26(28)29)22-23-19(25)31-13-18(27)21-14-5-7-16(8-6-14)30-4-2/h5-8,11-12H,3-4,9-10,13H2,1-2H3,(H,21,27). The normalized spacial score (nSPS) is 10.8. The number of rotatable bonds is 11. The van der Waals surface area contributed by atoms with Crippen LogP contribution in [0.25, 0.3) is 0 Å². The van der Waals surface area contributed by atoms with E-state index in [-0.39, 0.29) is 17.3 Å². The summed E-state index contributed by atoms with van der Waals surface area (Å²) in [6, 6.07) is 7.20. The van der Waals surface area contributed by atoms with Gasteiger partial charge in [-0.15, -0.1) is 10.2 Å². The molecule has 0 aliphatic heterocycles. The summed E-state index contributed by atoms with van der Waals surface area (Å²) in [6.07, 6.45) is 3.11. The van der Waals surface area contributed by atoms with Crippen molar-refractivity contribution in [2.24, 2.45) is 0 Å². The summed E-state index contributed by atoms with van der Waals surface area (Å²) in [6.45, 7) is 5.55. The van der Waals surface area contributed by atoms with E-state index in [0.717, 1.165) is 11.6 Å². The molecule has 0 spiro atoms. The summed E-state index contributed by atoms with van der Waals surface area (Å²) >= 11 is 1.30. The van der Waals surface area contributed by atoms with Crippen molar-refractivity contribution in [3.8, 4) is 5.75 Å². The quantitative estimate of drug-likeness (QED) is 0.271. The summed E-state index contributed by atoms with van der Waals surface area (Å²) < 4.78 is 8.82. The number of thioether (sulfide) groups is 1. The molecule has 0 bridgehead atoms. The van der Waals surface area contributed by atoms with Crippen LogP contribution in [-0.2, 0) is 24.3 Å². The van der Waals surface area contributed by atoms with E-state index in [4.69, 9.17) is 4.74 Å². The number of benzene rings is 1. The maximum atomic E-state index is 12.3. The minimum atomic E-state index is -0.481. The van der Waals surface area contributed by atoms with Crippen molar-refractivity contribution in [3.05, 3.63) is 52.6 Å². The molecule has 164 valence electrons. The minimum absolute atomic E-state index is 0.0493. The number of nitrogens with one attached hydrogen (secondary N) is 1. The third-order valence-electron chi connectivity index (χ3n) is 4.29. The smallest absolute Gasteiger partial charge is 0.306 e. The van der Waals surface area contributed by atoms with Crippen LogP contribution in [0.15, 0.2) is 41.8 Å². The number of nitro groups is 1. The third kappa shape index (κ3) is 6.04. The molecule has 2 heterocycles. The summed E-state index contributed by atoms with van der Waals surface area (Å²) in [7, 11) is 0. The second-order valence-corrected chi connectivity index (χ2v) is 7.35. The van der Waals surface area contributed by atoms with Gasteiger partial charge in [-0.3, -0.25) is 19.6 Å². The van der Waals surface area contributed by atoms with Crippen LogP contribution < -0.4 is 10.1 Å². The lowest BCUT2D eigenvalue weighted by Crippen LogP contribution is -2.15. The first-order valence-corrected chi connectivity index (χ1v) is 10.7. The van der Waals surface area contributed by atoms with E-state index in [9.17, 15) is 14.9 Å². The van der Waals surface area contributed by atoms with Gasteiger partial charge in [-0.25, -0.2) is 0 Å². The Bertz CT molecular complexity index is 1030. The van der Waals surface area contributed by atoms with Gasteiger partial charge in [0.15, 0.2) is 5.16 Å². The van der Waals surface area contributed by atoms with E-state index >= 15 is 0 Å². The fourth-order valence-electron chi connectivity index (χ4n) is 2.84. The van der Waals surface area contributed by atoms with Gasteiger partial charge < -0.3 is 14.6 Å². The number of aromatic nitrogens is 5. The molecular formula is C19H23N7O4S. The van der Waals surface area contributed by atoms with Crippen LogP contribution in [0.2, 0.25) is 0 Å². The molecule has 0 saturated heterocycles. The zero-order valence-corrected chi connectivity index (χ0v) is 18.0. The van der Waals surface area contributed by atoms with E-state index in [1.165, 1.54) is 28.8 Å². The Morgan fingerprint density at radius 1 is 1.26 bits per heavy atom. The summed E-state index contributed by atoms with van der Waals surface area (Å²) in [4.78, 5) is 22.6. The van der Waals surface area contributed by atoms with Crippen molar-refractivity contribution in [1.82, 2.24) is 24.5 Å². The molecule has 3 rings (SSSR count). The molecule has 11 nitrogen and oxygen atoms in total. The fraction of sp³-hybridized carbons (Fsp3) is 0.368. The van der Waals surface area contributed by atoms with Crippen LogP contribution in [-0.4, -0.2) is 47.7 Å². The van der Waals surface area contributed by atoms with Crippen molar-refractivity contribution >= 4 is 29.0 Å². The number of nitrogens with zero attached hydrogens (tertiary/aromatic N) is 6. The van der Waals surface area contributed by atoms with Crippen molar-refractivity contribution in [2.75, 3.05) is 17.7 Å². The first-order valence-electron chi connectivity index (χ1n) is 9.74. The average Bonchev–Trinajstić information content (AvgIpc) is 3.39. The minimum Gasteiger partial charge on any atom is -0.494 e. The van der Waals surface area contributed by atoms with Crippen LogP contribution in [0.3, 0.4) is 0 Å². The topological polar surface area (TPSA) is 130 Å². The van der Waals surface area contributed by atoms with Gasteiger partial charge in [0.05, 0.1) is 17.3 Å². The molecule has 0 unspecified atom stereocenters. The van der Waals surface area contributed by atoms with Crippen LogP contribution in [0, 0.1) is 10.1 Å². The molecular weight excluding hydrogens is 422 g/mol. The van der Waals surface area contributed by atoms with E-state index in [1.54, 1.807) is 24.3 Å². The number of hydrogen-bond donors (Lipinski definition) is 1. The highest BCUT2D eigenvalue weighted by atomic mass is 32.2. The van der Waals surface area contributed by atoms with E-state index < -0.39 is 4.92 Å². The first kappa shape index (κ1) is 22.3. The van der Waals surface area contributed by atoms with Crippen LogP contribution in [0.5, 0.6) is 5.75 Å². The molecule has 3 aromatic rings. The SMILES string of the molecule is CCOc1ccc(NC(=O)CSc2nnc(CCn3cc([N+](=O)[O-])cn3)n2CC)cc1. The Labute approximate surface area is 183 Å². The Kier molecular flexibility index (Phi) is 7.60. The van der Waals surface area contributed by atoms with Crippen LogP contribution in [0.4, 0.5) is 11.4 Å². The van der Waals surface area contributed by atoms with E-state index in [0.29, 0.717) is 37.0 Å². The van der Waals surface area contributed by atoms with Crippen molar-refractivity contribution < 1.29 is 14.5 Å². The monoisotopic (exact) mass is 445 g/mol. The number of hydrogen-bond acceptors (Lipinski definition) is 8. The van der Waals surface area contributed by atoms with E-state index in [1.807, 2.05) is 18.4 Å². The summed E-state index contributed by atoms with van der Waals surface area (Å²) in [5, 5.41) is 26.6. The lowest BCUT2D eigenvalue weighted by molar-refractivity contribution is -0.385. The van der Waals surface area contributed by atoms with Gasteiger partial charge in [-0.2, -0.15) is 5.10 Å². The number of aryl methyl sites for hydroxylation is 2. The van der Waals surface area contributed by atoms with Gasteiger partial charge in [0.1, 0.15) is 24.0 Å². The molecule has 1 amide bonds. The molecule has 31 heavy (non-hydrogen) atoms. The Morgan fingerprint density at radius 2 is 2.03 bits per heavy atom. The summed E-state index contributed by atoms with van der Waals surface area (Å²) in [5.41, 5.74) is 0.645. The van der Waals surface area contributed by atoms with Gasteiger partial charge in [-0.05, 0) is 38.1 Å². The predicted molar refractivity (Wildman–Crippen MR) is 115 cm³/mol. The zero-order valence-electron chi connectivity index (χ0n) is 17.2. The van der Waals surface area contributed by atoms with Crippen molar-refractivity contribution in [3.63, 3.8) is 0 Å². The Morgan fingerprint density at radius 3 is 2.68 bits per heavy atom. The number of anilines is 1. The molecule has 0 atom stereocenters. The second kappa shape index (κ2) is 10.6. The lowest BCUT2D eigenvalue weighted by atomic mass is 10.3. The highest BCUT2D eigenvalue weighted by molar-refractivity contribution is 7.99. The molecule has 0 aliphatic carbocycles. The van der Waals surface area contributed by atoms with E-state index in [2.05, 4.69) is 20.6 Å². The number of amides is 1. The summed E-state index contributed by atoms with van der Waals surface area (Å²) in [5.74, 6) is 1.53. The molecule has 0 fully saturated rings. The van der Waals surface area contributed by atoms with Crippen LogP contribution in [0.1, 0.15) is 19.7 Å². The van der Waals surface area contributed by atoms with Gasteiger partial charge in [0.25, 0.3) is 0 Å². The highest BCUT2D eigenvalue weighted by Gasteiger charge is 2.15. The van der Waals surface area contributed by atoms with Crippen LogP contribution >= 0.6 is 11.8 Å². The predicted octanol–water partition coefficient (Wildman–Crippen LogP) is 2.77.